The number of ether oxygens (including phenoxy) is 1. The highest BCUT2D eigenvalue weighted by Gasteiger charge is 2.27. The Hall–Kier alpha value is -2.86. The van der Waals surface area contributed by atoms with Crippen molar-refractivity contribution in [2.24, 2.45) is 5.92 Å². The number of piperidine rings is 1. The minimum absolute atomic E-state index is 0.0551. The normalized spacial score (nSPS) is 19.4. The molecule has 6 nitrogen and oxygen atoms in total. The highest BCUT2D eigenvalue weighted by Crippen LogP contribution is 2.24. The standard InChI is InChI=1S/C27H35N3O3/c1-33-25-11-5-10-24(19-25)27(32)30-14-6-9-23(21-30)12-13-26(31)29-17-15-28(16-18-29)20-22-7-3-2-4-8-22/h2-5,7-8,10-11,19,23H,6,9,12-18,20-21H2,1H3/t23-/m1/s1. The van der Waals surface area contributed by atoms with Gasteiger partial charge in [-0.3, -0.25) is 14.5 Å². The maximum Gasteiger partial charge on any atom is 0.253 e. The van der Waals surface area contributed by atoms with Crippen molar-refractivity contribution < 1.29 is 14.3 Å². The first-order valence-electron chi connectivity index (χ1n) is 12.1. The second kappa shape index (κ2) is 11.3. The number of rotatable bonds is 7. The fraction of sp³-hybridized carbons (Fsp3) is 0.481. The topological polar surface area (TPSA) is 53.1 Å². The molecule has 0 N–H and O–H groups in total. The highest BCUT2D eigenvalue weighted by atomic mass is 16.5. The van der Waals surface area contributed by atoms with Crippen molar-refractivity contribution in [1.29, 1.82) is 0 Å². The zero-order valence-electron chi connectivity index (χ0n) is 19.6. The lowest BCUT2D eigenvalue weighted by Gasteiger charge is -2.36. The predicted octanol–water partition coefficient (Wildman–Crippen LogP) is 3.67. The van der Waals surface area contributed by atoms with Crippen LogP contribution in [0.1, 0.15) is 41.6 Å². The Morgan fingerprint density at radius 3 is 2.48 bits per heavy atom. The molecule has 1 atom stereocenters. The predicted molar refractivity (Wildman–Crippen MR) is 129 cm³/mol. The summed E-state index contributed by atoms with van der Waals surface area (Å²) >= 11 is 0. The maximum absolute atomic E-state index is 13.0. The van der Waals surface area contributed by atoms with Gasteiger partial charge in [0.15, 0.2) is 0 Å². The molecule has 2 fully saturated rings. The van der Waals surface area contributed by atoms with E-state index in [9.17, 15) is 9.59 Å². The summed E-state index contributed by atoms with van der Waals surface area (Å²) in [6.45, 7) is 5.91. The molecule has 2 aromatic carbocycles. The molecule has 2 aliphatic heterocycles. The quantitative estimate of drug-likeness (QED) is 0.647. The van der Waals surface area contributed by atoms with Crippen molar-refractivity contribution in [3.05, 3.63) is 65.7 Å². The summed E-state index contributed by atoms with van der Waals surface area (Å²) in [5.41, 5.74) is 1.99. The number of piperazine rings is 1. The van der Waals surface area contributed by atoms with E-state index in [-0.39, 0.29) is 11.8 Å². The molecule has 33 heavy (non-hydrogen) atoms. The number of hydrogen-bond donors (Lipinski definition) is 0. The monoisotopic (exact) mass is 449 g/mol. The molecule has 2 aromatic rings. The van der Waals surface area contributed by atoms with Crippen molar-refractivity contribution >= 4 is 11.8 Å². The fourth-order valence-electron chi connectivity index (χ4n) is 4.91. The van der Waals surface area contributed by atoms with Crippen LogP contribution in [0.15, 0.2) is 54.6 Å². The van der Waals surface area contributed by atoms with Gasteiger partial charge in [0, 0.05) is 57.8 Å². The third-order valence-corrected chi connectivity index (χ3v) is 6.86. The molecule has 2 heterocycles. The number of nitrogens with zero attached hydrogens (tertiary/aromatic N) is 3. The summed E-state index contributed by atoms with van der Waals surface area (Å²) < 4.78 is 5.26. The van der Waals surface area contributed by atoms with Gasteiger partial charge in [-0.25, -0.2) is 0 Å². The van der Waals surface area contributed by atoms with Crippen LogP contribution < -0.4 is 4.74 Å². The summed E-state index contributed by atoms with van der Waals surface area (Å²) in [5.74, 6) is 1.39. The van der Waals surface area contributed by atoms with Gasteiger partial charge in [0.25, 0.3) is 5.91 Å². The zero-order chi connectivity index (χ0) is 23.0. The molecule has 0 unspecified atom stereocenters. The number of methoxy groups -OCH3 is 1. The molecule has 0 spiro atoms. The summed E-state index contributed by atoms with van der Waals surface area (Å²) in [6.07, 6.45) is 3.50. The smallest absolute Gasteiger partial charge is 0.253 e. The second-order valence-corrected chi connectivity index (χ2v) is 9.17. The van der Waals surface area contributed by atoms with Gasteiger partial charge < -0.3 is 14.5 Å². The van der Waals surface area contributed by atoms with Crippen molar-refractivity contribution in [3.8, 4) is 5.75 Å². The molecule has 0 aliphatic carbocycles. The van der Waals surface area contributed by atoms with Crippen LogP contribution in [0, 0.1) is 5.92 Å². The molecule has 2 amide bonds. The van der Waals surface area contributed by atoms with E-state index >= 15 is 0 Å². The first-order chi connectivity index (χ1) is 16.1. The van der Waals surface area contributed by atoms with Crippen molar-refractivity contribution in [1.82, 2.24) is 14.7 Å². The lowest BCUT2D eigenvalue weighted by Crippen LogP contribution is -2.48. The van der Waals surface area contributed by atoms with Crippen LogP contribution in [0.5, 0.6) is 5.75 Å². The summed E-state index contributed by atoms with van der Waals surface area (Å²) in [5, 5.41) is 0. The molecule has 0 aromatic heterocycles. The molecule has 0 saturated carbocycles. The molecule has 0 bridgehead atoms. The lowest BCUT2D eigenvalue weighted by molar-refractivity contribution is -0.133. The van der Waals surface area contributed by atoms with Crippen LogP contribution >= 0.6 is 0 Å². The van der Waals surface area contributed by atoms with E-state index in [0.717, 1.165) is 65.1 Å². The van der Waals surface area contributed by atoms with Gasteiger partial charge in [-0.2, -0.15) is 0 Å². The van der Waals surface area contributed by atoms with Crippen LogP contribution in [0.2, 0.25) is 0 Å². The van der Waals surface area contributed by atoms with Crippen molar-refractivity contribution in [2.45, 2.75) is 32.2 Å². The maximum atomic E-state index is 13.0. The van der Waals surface area contributed by atoms with E-state index < -0.39 is 0 Å². The molecule has 176 valence electrons. The van der Waals surface area contributed by atoms with E-state index in [2.05, 4.69) is 29.2 Å². The molecule has 0 radical (unpaired) electrons. The first-order valence-corrected chi connectivity index (χ1v) is 12.1. The summed E-state index contributed by atoms with van der Waals surface area (Å²) in [7, 11) is 1.61. The highest BCUT2D eigenvalue weighted by molar-refractivity contribution is 5.94. The van der Waals surface area contributed by atoms with E-state index in [1.54, 1.807) is 13.2 Å². The van der Waals surface area contributed by atoms with E-state index in [1.807, 2.05) is 34.1 Å². The Kier molecular flexibility index (Phi) is 8.00. The largest absolute Gasteiger partial charge is 0.497 e. The zero-order valence-corrected chi connectivity index (χ0v) is 19.6. The second-order valence-electron chi connectivity index (χ2n) is 9.17. The van der Waals surface area contributed by atoms with Gasteiger partial charge in [0.1, 0.15) is 5.75 Å². The number of carbonyl (C=O) groups excluding carboxylic acids is 2. The molecular weight excluding hydrogens is 414 g/mol. The van der Waals surface area contributed by atoms with E-state index in [1.165, 1.54) is 5.56 Å². The average molecular weight is 450 g/mol. The summed E-state index contributed by atoms with van der Waals surface area (Å²) in [4.78, 5) is 32.2. The SMILES string of the molecule is COc1cccc(C(=O)N2CCC[C@H](CCC(=O)N3CCN(Cc4ccccc4)CC3)C2)c1. The number of carbonyl (C=O) groups is 2. The van der Waals surface area contributed by atoms with Crippen LogP contribution in [0.4, 0.5) is 0 Å². The van der Waals surface area contributed by atoms with Crippen molar-refractivity contribution in [2.75, 3.05) is 46.4 Å². The van der Waals surface area contributed by atoms with Crippen LogP contribution in [-0.2, 0) is 11.3 Å². The third kappa shape index (κ3) is 6.35. The Bertz CT molecular complexity index is 925. The number of hydrogen-bond acceptors (Lipinski definition) is 4. The Balaban J connectivity index is 1.21. The average Bonchev–Trinajstić information content (AvgIpc) is 2.88. The Labute approximate surface area is 197 Å². The van der Waals surface area contributed by atoms with Gasteiger partial charge >= 0.3 is 0 Å². The van der Waals surface area contributed by atoms with Crippen LogP contribution in [0.25, 0.3) is 0 Å². The van der Waals surface area contributed by atoms with E-state index in [0.29, 0.717) is 23.7 Å². The fourth-order valence-corrected chi connectivity index (χ4v) is 4.91. The molecule has 2 aliphatic rings. The molecule has 6 heteroatoms. The summed E-state index contributed by atoms with van der Waals surface area (Å²) in [6, 6.07) is 17.9. The minimum atomic E-state index is 0.0551. The van der Waals surface area contributed by atoms with Crippen molar-refractivity contribution in [3.63, 3.8) is 0 Å². The Morgan fingerprint density at radius 2 is 1.73 bits per heavy atom. The van der Waals surface area contributed by atoms with Crippen LogP contribution in [0.3, 0.4) is 0 Å². The minimum Gasteiger partial charge on any atom is -0.497 e. The van der Waals surface area contributed by atoms with E-state index in [4.69, 9.17) is 4.74 Å². The first kappa shape index (κ1) is 23.3. The number of likely N-dealkylation sites (tertiary alicyclic amines) is 1. The van der Waals surface area contributed by atoms with Gasteiger partial charge in [-0.05, 0) is 48.9 Å². The number of benzene rings is 2. The van der Waals surface area contributed by atoms with Gasteiger partial charge in [0.2, 0.25) is 5.91 Å². The lowest BCUT2D eigenvalue weighted by atomic mass is 9.92. The van der Waals surface area contributed by atoms with Gasteiger partial charge in [0.05, 0.1) is 7.11 Å². The molecule has 2 saturated heterocycles. The van der Waals surface area contributed by atoms with Crippen LogP contribution in [-0.4, -0.2) is 72.9 Å². The van der Waals surface area contributed by atoms with Gasteiger partial charge in [-0.15, -0.1) is 0 Å². The molecular formula is C27H35N3O3. The number of amides is 2. The van der Waals surface area contributed by atoms with Gasteiger partial charge in [-0.1, -0.05) is 36.4 Å². The Morgan fingerprint density at radius 1 is 0.939 bits per heavy atom. The molecule has 4 rings (SSSR count). The third-order valence-electron chi connectivity index (χ3n) is 6.86.